The van der Waals surface area contributed by atoms with Crippen LogP contribution in [0.5, 0.6) is 0 Å². The molecule has 0 bridgehead atoms. The molecule has 1 unspecified atom stereocenters. The summed E-state index contributed by atoms with van der Waals surface area (Å²) in [4.78, 5) is 12.5. The van der Waals surface area contributed by atoms with Gasteiger partial charge in [0.2, 0.25) is 0 Å². The first-order valence-corrected chi connectivity index (χ1v) is 7.30. The summed E-state index contributed by atoms with van der Waals surface area (Å²) in [6, 6.07) is 19.8. The quantitative estimate of drug-likeness (QED) is 0.522. The summed E-state index contributed by atoms with van der Waals surface area (Å²) >= 11 is 0. The Labute approximate surface area is 126 Å². The van der Waals surface area contributed by atoms with E-state index < -0.39 is 0 Å². The van der Waals surface area contributed by atoms with Crippen LogP contribution in [0.2, 0.25) is 0 Å². The number of ketones is 1. The van der Waals surface area contributed by atoms with Crippen molar-refractivity contribution < 1.29 is 4.79 Å². The van der Waals surface area contributed by atoms with E-state index in [4.69, 9.17) is 0 Å². The summed E-state index contributed by atoms with van der Waals surface area (Å²) in [7, 11) is 0. The number of rotatable bonds is 7. The van der Waals surface area contributed by atoms with Gasteiger partial charge < -0.3 is 0 Å². The Morgan fingerprint density at radius 2 is 1.67 bits per heavy atom. The highest BCUT2D eigenvalue weighted by Crippen LogP contribution is 2.17. The lowest BCUT2D eigenvalue weighted by atomic mass is 9.92. The van der Waals surface area contributed by atoms with Gasteiger partial charge in [0.1, 0.15) is 0 Å². The Balaban J connectivity index is 1.96. The molecular weight excluding hydrogens is 256 g/mol. The molecule has 0 spiro atoms. The summed E-state index contributed by atoms with van der Waals surface area (Å²) < 4.78 is 0. The molecule has 2 aromatic carbocycles. The van der Waals surface area contributed by atoms with Crippen molar-refractivity contribution in [1.82, 2.24) is 0 Å². The highest BCUT2D eigenvalue weighted by atomic mass is 16.1. The van der Waals surface area contributed by atoms with Crippen LogP contribution in [-0.2, 0) is 6.42 Å². The number of aryl methyl sites for hydroxylation is 1. The lowest BCUT2D eigenvalue weighted by Gasteiger charge is -2.11. The number of benzene rings is 2. The molecule has 0 aliphatic heterocycles. The zero-order valence-electron chi connectivity index (χ0n) is 12.2. The molecule has 21 heavy (non-hydrogen) atoms. The Morgan fingerprint density at radius 1 is 1.05 bits per heavy atom. The van der Waals surface area contributed by atoms with Crippen LogP contribution >= 0.6 is 0 Å². The first-order chi connectivity index (χ1) is 10.3. The van der Waals surface area contributed by atoms with Gasteiger partial charge >= 0.3 is 0 Å². The predicted molar refractivity (Wildman–Crippen MR) is 87.4 cm³/mol. The minimum atomic E-state index is -0.131. The average molecular weight is 276 g/mol. The molecule has 1 nitrogen and oxygen atoms in total. The maximum atomic E-state index is 12.5. The largest absolute Gasteiger partial charge is 0.293 e. The van der Waals surface area contributed by atoms with E-state index in [1.54, 1.807) is 6.08 Å². The van der Waals surface area contributed by atoms with Crippen molar-refractivity contribution in [2.24, 2.45) is 5.92 Å². The van der Waals surface area contributed by atoms with Crippen molar-refractivity contribution in [3.8, 4) is 0 Å². The molecule has 0 heterocycles. The van der Waals surface area contributed by atoms with Gasteiger partial charge in [0, 0.05) is 11.5 Å². The number of hydrogen-bond donors (Lipinski definition) is 0. The number of Topliss-reactive ketones (excluding diaryl/α,β-unsaturated/α-hetero) is 1. The van der Waals surface area contributed by atoms with Crippen molar-refractivity contribution in [1.29, 1.82) is 0 Å². The smallest absolute Gasteiger partial charge is 0.170 e. The molecule has 0 aliphatic rings. The van der Waals surface area contributed by atoms with Crippen molar-refractivity contribution in [3.05, 3.63) is 90.2 Å². The molecule has 0 amide bonds. The highest BCUT2D eigenvalue weighted by molar-refractivity contribution is 5.98. The molecule has 0 radical (unpaired) electrons. The maximum Gasteiger partial charge on any atom is 0.170 e. The summed E-state index contributed by atoms with van der Waals surface area (Å²) in [6.45, 7) is 3.61. The third-order valence-corrected chi connectivity index (χ3v) is 3.54. The van der Waals surface area contributed by atoms with Crippen LogP contribution in [0.15, 0.2) is 79.0 Å². The van der Waals surface area contributed by atoms with E-state index in [1.165, 1.54) is 5.56 Å². The number of allylic oxidation sites excluding steroid dienone is 1. The van der Waals surface area contributed by atoms with Gasteiger partial charge in [-0.3, -0.25) is 4.79 Å². The van der Waals surface area contributed by atoms with E-state index in [2.05, 4.69) is 24.4 Å². The van der Waals surface area contributed by atoms with Gasteiger partial charge in [-0.25, -0.2) is 0 Å². The van der Waals surface area contributed by atoms with Gasteiger partial charge in [-0.2, -0.15) is 0 Å². The lowest BCUT2D eigenvalue weighted by molar-refractivity contribution is 0.0939. The second-order valence-corrected chi connectivity index (χ2v) is 5.09. The van der Waals surface area contributed by atoms with Gasteiger partial charge in [-0.1, -0.05) is 67.2 Å². The van der Waals surface area contributed by atoms with E-state index in [9.17, 15) is 4.79 Å². The summed E-state index contributed by atoms with van der Waals surface area (Å²) in [5, 5.41) is 0. The SMILES string of the molecule is C=C=CC(CCCc1ccccc1)C(=O)c1ccccc1. The predicted octanol–water partition coefficient (Wildman–Crippen LogP) is 4.85. The van der Waals surface area contributed by atoms with Crippen LogP contribution < -0.4 is 0 Å². The van der Waals surface area contributed by atoms with E-state index in [0.717, 1.165) is 24.8 Å². The topological polar surface area (TPSA) is 17.1 Å². The Kier molecular flexibility index (Phi) is 5.75. The van der Waals surface area contributed by atoms with Crippen LogP contribution in [0.25, 0.3) is 0 Å². The maximum absolute atomic E-state index is 12.5. The number of carbonyl (C=O) groups excluding carboxylic acids is 1. The second-order valence-electron chi connectivity index (χ2n) is 5.09. The van der Waals surface area contributed by atoms with Crippen molar-refractivity contribution >= 4 is 5.78 Å². The minimum absolute atomic E-state index is 0.131. The fourth-order valence-corrected chi connectivity index (χ4v) is 2.42. The third-order valence-electron chi connectivity index (χ3n) is 3.54. The monoisotopic (exact) mass is 276 g/mol. The van der Waals surface area contributed by atoms with Crippen LogP contribution in [-0.4, -0.2) is 5.78 Å². The molecule has 2 rings (SSSR count). The van der Waals surface area contributed by atoms with E-state index in [1.807, 2.05) is 48.5 Å². The molecule has 0 fully saturated rings. The zero-order valence-corrected chi connectivity index (χ0v) is 12.2. The fraction of sp³-hybridized carbons (Fsp3) is 0.200. The normalized spacial score (nSPS) is 11.4. The van der Waals surface area contributed by atoms with Gasteiger partial charge in [0.15, 0.2) is 5.78 Å². The van der Waals surface area contributed by atoms with Crippen molar-refractivity contribution in [3.63, 3.8) is 0 Å². The van der Waals surface area contributed by atoms with Crippen molar-refractivity contribution in [2.45, 2.75) is 19.3 Å². The van der Waals surface area contributed by atoms with Crippen LogP contribution in [0.4, 0.5) is 0 Å². The van der Waals surface area contributed by atoms with Gasteiger partial charge in [0.25, 0.3) is 0 Å². The Morgan fingerprint density at radius 3 is 2.29 bits per heavy atom. The first kappa shape index (κ1) is 15.0. The van der Waals surface area contributed by atoms with Crippen LogP contribution in [0.1, 0.15) is 28.8 Å². The van der Waals surface area contributed by atoms with Crippen LogP contribution in [0.3, 0.4) is 0 Å². The van der Waals surface area contributed by atoms with E-state index >= 15 is 0 Å². The molecular formula is C20H20O. The molecule has 0 saturated heterocycles. The molecule has 0 saturated carbocycles. The number of carbonyl (C=O) groups is 1. The molecule has 2 aromatic rings. The van der Waals surface area contributed by atoms with Crippen LogP contribution in [0, 0.1) is 5.92 Å². The zero-order chi connectivity index (χ0) is 14.9. The fourth-order valence-electron chi connectivity index (χ4n) is 2.42. The van der Waals surface area contributed by atoms with Gasteiger partial charge in [-0.15, -0.1) is 5.73 Å². The van der Waals surface area contributed by atoms with Crippen molar-refractivity contribution in [2.75, 3.05) is 0 Å². The van der Waals surface area contributed by atoms with E-state index in [0.29, 0.717) is 0 Å². The molecule has 106 valence electrons. The Bertz CT molecular complexity index is 607. The molecule has 0 aromatic heterocycles. The summed E-state index contributed by atoms with van der Waals surface area (Å²) in [6.07, 6.45) is 4.58. The molecule has 1 atom stereocenters. The van der Waals surface area contributed by atoms with Gasteiger partial charge in [-0.05, 0) is 30.9 Å². The third kappa shape index (κ3) is 4.59. The molecule has 0 N–H and O–H groups in total. The van der Waals surface area contributed by atoms with E-state index in [-0.39, 0.29) is 11.7 Å². The summed E-state index contributed by atoms with van der Waals surface area (Å²) in [5.74, 6) is 0.0217. The number of hydrogen-bond acceptors (Lipinski definition) is 1. The average Bonchev–Trinajstić information content (AvgIpc) is 2.55. The standard InChI is InChI=1S/C20H20O/c1-2-10-18(20(21)19-14-7-4-8-15-19)16-9-13-17-11-5-3-6-12-17/h3-8,10-12,14-15,18H,1,9,13,16H2. The highest BCUT2D eigenvalue weighted by Gasteiger charge is 2.16. The minimum Gasteiger partial charge on any atom is -0.293 e. The first-order valence-electron chi connectivity index (χ1n) is 7.30. The second kappa shape index (κ2) is 8.04. The van der Waals surface area contributed by atoms with Gasteiger partial charge in [0.05, 0.1) is 0 Å². The molecule has 1 heteroatoms. The lowest BCUT2D eigenvalue weighted by Crippen LogP contribution is -2.12. The Hall–Kier alpha value is -2.37. The summed E-state index contributed by atoms with van der Waals surface area (Å²) in [5.41, 5.74) is 4.84. The molecule has 0 aliphatic carbocycles.